The van der Waals surface area contributed by atoms with Gasteiger partial charge in [-0.25, -0.2) is 13.4 Å². The maximum atomic E-state index is 12.5. The van der Waals surface area contributed by atoms with Crippen molar-refractivity contribution in [3.05, 3.63) is 6.20 Å². The number of thiazole rings is 1. The molecule has 96 valence electrons. The fraction of sp³-hybridized carbons (Fsp3) is 0.700. The molecule has 2 unspecified atom stereocenters. The van der Waals surface area contributed by atoms with Gasteiger partial charge in [0, 0.05) is 12.1 Å². The highest BCUT2D eigenvalue weighted by Gasteiger charge is 2.36. The second-order valence-corrected chi connectivity index (χ2v) is 7.61. The van der Waals surface area contributed by atoms with Crippen molar-refractivity contribution in [1.82, 2.24) is 9.29 Å². The molecule has 0 amide bonds. The molecule has 0 spiro atoms. The number of sulfonamides is 1. The highest BCUT2D eigenvalue weighted by atomic mass is 32.2. The molecule has 2 heterocycles. The van der Waals surface area contributed by atoms with Crippen LogP contribution >= 0.6 is 11.3 Å². The predicted octanol–water partition coefficient (Wildman–Crippen LogP) is 1.68. The third-order valence-corrected chi connectivity index (χ3v) is 6.54. The Morgan fingerprint density at radius 1 is 1.41 bits per heavy atom. The Morgan fingerprint density at radius 3 is 2.47 bits per heavy atom. The number of nitrogens with two attached hydrogens (primary N) is 1. The van der Waals surface area contributed by atoms with Crippen molar-refractivity contribution in [2.24, 2.45) is 0 Å². The molecular weight excluding hydrogens is 258 g/mol. The monoisotopic (exact) mass is 275 g/mol. The van der Waals surface area contributed by atoms with Gasteiger partial charge in [-0.15, -0.1) is 0 Å². The number of aromatic nitrogens is 1. The summed E-state index contributed by atoms with van der Waals surface area (Å²) in [6.45, 7) is 3.91. The van der Waals surface area contributed by atoms with Crippen LogP contribution in [0.15, 0.2) is 10.4 Å². The SMILES string of the molecule is CC1CCCC(C)N1S(=O)(=O)c1cnc(N)s1. The van der Waals surface area contributed by atoms with Crippen molar-refractivity contribution in [2.75, 3.05) is 5.73 Å². The summed E-state index contributed by atoms with van der Waals surface area (Å²) in [5, 5.41) is 0.292. The zero-order valence-corrected chi connectivity index (χ0v) is 11.6. The summed E-state index contributed by atoms with van der Waals surface area (Å²) in [6, 6.07) is 0.0964. The fourth-order valence-electron chi connectivity index (χ4n) is 2.37. The average molecular weight is 275 g/mol. The lowest BCUT2D eigenvalue weighted by Crippen LogP contribution is -2.47. The van der Waals surface area contributed by atoms with E-state index in [4.69, 9.17) is 5.73 Å². The summed E-state index contributed by atoms with van der Waals surface area (Å²) in [7, 11) is -3.43. The second kappa shape index (κ2) is 4.55. The lowest BCUT2D eigenvalue weighted by molar-refractivity contribution is 0.204. The van der Waals surface area contributed by atoms with Gasteiger partial charge in [0.2, 0.25) is 0 Å². The summed E-state index contributed by atoms with van der Waals surface area (Å²) in [6.07, 6.45) is 4.26. The van der Waals surface area contributed by atoms with E-state index < -0.39 is 10.0 Å². The van der Waals surface area contributed by atoms with Crippen molar-refractivity contribution in [2.45, 2.75) is 49.4 Å². The summed E-state index contributed by atoms with van der Waals surface area (Å²) in [5.41, 5.74) is 5.50. The third-order valence-electron chi connectivity index (χ3n) is 3.15. The van der Waals surface area contributed by atoms with Crippen molar-refractivity contribution in [3.63, 3.8) is 0 Å². The summed E-state index contributed by atoms with van der Waals surface area (Å²) < 4.78 is 26.8. The van der Waals surface area contributed by atoms with E-state index in [0.717, 1.165) is 30.6 Å². The van der Waals surface area contributed by atoms with Crippen molar-refractivity contribution in [3.8, 4) is 0 Å². The Bertz CT molecular complexity index is 487. The molecule has 0 aromatic carbocycles. The summed E-state index contributed by atoms with van der Waals surface area (Å²) in [5.74, 6) is 0. The molecule has 2 rings (SSSR count). The van der Waals surface area contributed by atoms with E-state index in [1.165, 1.54) is 6.20 Å². The molecule has 0 bridgehead atoms. The first-order valence-electron chi connectivity index (χ1n) is 5.68. The summed E-state index contributed by atoms with van der Waals surface area (Å²) in [4.78, 5) is 3.82. The third kappa shape index (κ3) is 2.31. The first-order chi connectivity index (χ1) is 7.93. The standard InChI is InChI=1S/C10H17N3O2S2/c1-7-4-3-5-8(2)13(7)17(14,15)9-6-12-10(11)16-9/h6-8H,3-5H2,1-2H3,(H2,11,12). The number of nitrogens with zero attached hydrogens (tertiary/aromatic N) is 2. The van der Waals surface area contributed by atoms with Crippen LogP contribution in [0.4, 0.5) is 5.13 Å². The van der Waals surface area contributed by atoms with Gasteiger partial charge in [0.1, 0.15) is 0 Å². The lowest BCUT2D eigenvalue weighted by Gasteiger charge is -2.37. The number of anilines is 1. The van der Waals surface area contributed by atoms with Gasteiger partial charge in [0.25, 0.3) is 10.0 Å². The van der Waals surface area contributed by atoms with E-state index in [9.17, 15) is 8.42 Å². The Hall–Kier alpha value is -0.660. The lowest BCUT2D eigenvalue weighted by atomic mass is 10.0. The van der Waals surface area contributed by atoms with Crippen LogP contribution in [-0.2, 0) is 10.0 Å². The van der Waals surface area contributed by atoms with Gasteiger partial charge < -0.3 is 5.73 Å². The van der Waals surface area contributed by atoms with Crippen molar-refractivity contribution in [1.29, 1.82) is 0 Å². The minimum absolute atomic E-state index is 0.0482. The van der Waals surface area contributed by atoms with E-state index in [1.54, 1.807) is 4.31 Å². The average Bonchev–Trinajstić information content (AvgIpc) is 2.64. The zero-order valence-electron chi connectivity index (χ0n) is 9.96. The Kier molecular flexibility index (Phi) is 3.42. The van der Waals surface area contributed by atoms with Crippen LogP contribution in [0.3, 0.4) is 0 Å². The van der Waals surface area contributed by atoms with E-state index in [-0.39, 0.29) is 16.3 Å². The van der Waals surface area contributed by atoms with Crippen LogP contribution in [0.1, 0.15) is 33.1 Å². The van der Waals surface area contributed by atoms with Crippen LogP contribution in [0.25, 0.3) is 0 Å². The first-order valence-corrected chi connectivity index (χ1v) is 7.93. The van der Waals surface area contributed by atoms with Gasteiger partial charge in [0.05, 0.1) is 6.20 Å². The smallest absolute Gasteiger partial charge is 0.254 e. The molecule has 0 saturated carbocycles. The number of nitrogen functional groups attached to an aromatic ring is 1. The van der Waals surface area contributed by atoms with Gasteiger partial charge >= 0.3 is 0 Å². The van der Waals surface area contributed by atoms with Gasteiger partial charge in [-0.1, -0.05) is 17.8 Å². The molecule has 0 aliphatic carbocycles. The Labute approximate surface area is 106 Å². The molecule has 1 fully saturated rings. The van der Waals surface area contributed by atoms with Crippen LogP contribution in [-0.4, -0.2) is 29.8 Å². The molecule has 1 aliphatic heterocycles. The number of piperidine rings is 1. The van der Waals surface area contributed by atoms with Crippen molar-refractivity contribution >= 4 is 26.5 Å². The molecule has 2 N–H and O–H groups in total. The largest absolute Gasteiger partial charge is 0.375 e. The Morgan fingerprint density at radius 2 is 2.00 bits per heavy atom. The molecule has 17 heavy (non-hydrogen) atoms. The minimum atomic E-state index is -3.43. The molecule has 1 saturated heterocycles. The van der Waals surface area contributed by atoms with Crippen LogP contribution < -0.4 is 5.73 Å². The van der Waals surface area contributed by atoms with Gasteiger partial charge in [-0.3, -0.25) is 0 Å². The molecule has 2 atom stereocenters. The van der Waals surface area contributed by atoms with Gasteiger partial charge in [-0.2, -0.15) is 4.31 Å². The van der Waals surface area contributed by atoms with E-state index >= 15 is 0 Å². The number of hydrogen-bond acceptors (Lipinski definition) is 5. The zero-order chi connectivity index (χ0) is 12.6. The number of rotatable bonds is 2. The molecule has 1 aromatic heterocycles. The molecule has 0 radical (unpaired) electrons. The molecule has 1 aromatic rings. The fourth-order valence-corrected chi connectivity index (χ4v) is 5.27. The van der Waals surface area contributed by atoms with Gasteiger partial charge in [-0.05, 0) is 26.7 Å². The second-order valence-electron chi connectivity index (χ2n) is 4.48. The molecule has 7 heteroatoms. The maximum absolute atomic E-state index is 12.5. The summed E-state index contributed by atoms with van der Waals surface area (Å²) >= 11 is 1.03. The molecular formula is C10H17N3O2S2. The van der Waals surface area contributed by atoms with Crippen LogP contribution in [0, 0.1) is 0 Å². The van der Waals surface area contributed by atoms with Crippen LogP contribution in [0.5, 0.6) is 0 Å². The van der Waals surface area contributed by atoms with Gasteiger partial charge in [0.15, 0.2) is 9.34 Å². The highest BCUT2D eigenvalue weighted by Crippen LogP contribution is 2.32. The predicted molar refractivity (Wildman–Crippen MR) is 68.3 cm³/mol. The molecule has 1 aliphatic rings. The number of hydrogen-bond donors (Lipinski definition) is 1. The van der Waals surface area contributed by atoms with Crippen molar-refractivity contribution < 1.29 is 8.42 Å². The maximum Gasteiger partial charge on any atom is 0.254 e. The van der Waals surface area contributed by atoms with E-state index in [2.05, 4.69) is 4.98 Å². The minimum Gasteiger partial charge on any atom is -0.375 e. The van der Waals surface area contributed by atoms with E-state index in [0.29, 0.717) is 5.13 Å². The molecule has 5 nitrogen and oxygen atoms in total. The topological polar surface area (TPSA) is 76.3 Å². The van der Waals surface area contributed by atoms with E-state index in [1.807, 2.05) is 13.8 Å². The Balaban J connectivity index is 2.37. The van der Waals surface area contributed by atoms with Crippen LogP contribution in [0.2, 0.25) is 0 Å². The quantitative estimate of drug-likeness (QED) is 0.891. The normalized spacial score (nSPS) is 27.2. The first kappa shape index (κ1) is 12.8. The highest BCUT2D eigenvalue weighted by molar-refractivity contribution is 7.91.